The third kappa shape index (κ3) is 7.58. The van der Waals surface area contributed by atoms with Crippen LogP contribution in [-0.4, -0.2) is 33.9 Å². The van der Waals surface area contributed by atoms with E-state index in [0.29, 0.717) is 37.7 Å². The summed E-state index contributed by atoms with van der Waals surface area (Å²) in [5, 5.41) is 15.4. The minimum Gasteiger partial charge on any atom is -0.382 e. The maximum atomic E-state index is 13.1. The van der Waals surface area contributed by atoms with Crippen LogP contribution in [-0.2, 0) is 19.4 Å². The normalized spacial score (nSPS) is 10.6. The number of carbonyl (C=O) groups is 1. The Morgan fingerprint density at radius 2 is 1.73 bits per heavy atom. The Balaban J connectivity index is 1.40. The lowest BCUT2D eigenvalue weighted by Crippen LogP contribution is -2.27. The molecule has 204 valence electrons. The fraction of sp³-hybridized carbons (Fsp3) is 0.233. The summed E-state index contributed by atoms with van der Waals surface area (Å²) in [4.78, 5) is 26.2. The van der Waals surface area contributed by atoms with Gasteiger partial charge in [0.05, 0.1) is 28.7 Å². The number of nitriles is 1. The molecule has 10 heteroatoms. The van der Waals surface area contributed by atoms with Crippen LogP contribution in [0.25, 0.3) is 11.3 Å². The quantitative estimate of drug-likeness (QED) is 0.197. The number of aryl methyl sites for hydroxylation is 1. The van der Waals surface area contributed by atoms with Gasteiger partial charge in [-0.1, -0.05) is 36.4 Å². The van der Waals surface area contributed by atoms with Gasteiger partial charge in [0.15, 0.2) is 0 Å². The van der Waals surface area contributed by atoms with Crippen molar-refractivity contribution in [3.8, 4) is 17.3 Å². The number of pyridine rings is 1. The maximum absolute atomic E-state index is 13.1. The molecular weight excluding hydrogens is 507 g/mol. The first-order valence-electron chi connectivity index (χ1n) is 13.0. The lowest BCUT2D eigenvalue weighted by atomic mass is 10.1. The molecule has 9 nitrogen and oxygen atoms in total. The molecule has 2 heterocycles. The Bertz CT molecular complexity index is 1480. The second kappa shape index (κ2) is 13.8. The summed E-state index contributed by atoms with van der Waals surface area (Å²) >= 11 is 0. The Hall–Kier alpha value is -4.88. The molecule has 0 spiro atoms. The van der Waals surface area contributed by atoms with Gasteiger partial charge < -0.3 is 22.1 Å². The monoisotopic (exact) mass is 538 g/mol. The standard InChI is InChI=1S/C30H31FN8O/c31-24-10-6-20(7-11-24)12-14-35-30(40)25-15-22(16-33)18-38-29(25)37-17-21-4-8-23(9-5-21)27-19-36-28(34)26(39-27)3-1-2-13-32/h4-11,15,18-19H,1-3,12-14,17,32H2,(H2,34,36)(H,35,40)(H,37,38). The number of rotatable bonds is 12. The summed E-state index contributed by atoms with van der Waals surface area (Å²) in [6.45, 7) is 1.39. The molecule has 0 fully saturated rings. The lowest BCUT2D eigenvalue weighted by Gasteiger charge is -2.12. The highest BCUT2D eigenvalue weighted by atomic mass is 19.1. The average Bonchev–Trinajstić information content (AvgIpc) is 2.98. The van der Waals surface area contributed by atoms with Gasteiger partial charge in [-0.15, -0.1) is 0 Å². The van der Waals surface area contributed by atoms with Crippen LogP contribution in [0.3, 0.4) is 0 Å². The number of benzene rings is 2. The molecule has 2 aromatic carbocycles. The molecule has 40 heavy (non-hydrogen) atoms. The molecular formula is C30H31FN8O. The van der Waals surface area contributed by atoms with Crippen LogP contribution in [0.15, 0.2) is 67.0 Å². The van der Waals surface area contributed by atoms with Gasteiger partial charge in [0.1, 0.15) is 23.5 Å². The summed E-state index contributed by atoms with van der Waals surface area (Å²) in [6.07, 6.45) is 6.16. The van der Waals surface area contributed by atoms with Crippen molar-refractivity contribution in [1.29, 1.82) is 5.26 Å². The predicted molar refractivity (Wildman–Crippen MR) is 153 cm³/mol. The molecule has 0 atom stereocenters. The molecule has 2 aromatic heterocycles. The number of anilines is 2. The van der Waals surface area contributed by atoms with Gasteiger partial charge in [-0.2, -0.15) is 5.26 Å². The van der Waals surface area contributed by atoms with E-state index >= 15 is 0 Å². The van der Waals surface area contributed by atoms with Gasteiger partial charge in [0.25, 0.3) is 5.91 Å². The number of nitrogen functional groups attached to an aromatic ring is 1. The first kappa shape index (κ1) is 28.1. The van der Waals surface area contributed by atoms with Crippen molar-refractivity contribution in [2.45, 2.75) is 32.2 Å². The Morgan fingerprint density at radius 1 is 0.975 bits per heavy atom. The summed E-state index contributed by atoms with van der Waals surface area (Å²) in [7, 11) is 0. The highest BCUT2D eigenvalue weighted by Gasteiger charge is 2.14. The summed E-state index contributed by atoms with van der Waals surface area (Å²) in [5.41, 5.74) is 16.4. The molecule has 0 saturated heterocycles. The topological polar surface area (TPSA) is 156 Å². The van der Waals surface area contributed by atoms with E-state index in [9.17, 15) is 14.4 Å². The highest BCUT2D eigenvalue weighted by molar-refractivity contribution is 5.99. The highest BCUT2D eigenvalue weighted by Crippen LogP contribution is 2.21. The fourth-order valence-electron chi connectivity index (χ4n) is 4.08. The number of hydrogen-bond acceptors (Lipinski definition) is 8. The molecule has 4 rings (SSSR count). The third-order valence-corrected chi connectivity index (χ3v) is 6.33. The molecule has 0 saturated carbocycles. The number of nitrogens with zero attached hydrogens (tertiary/aromatic N) is 4. The number of carbonyl (C=O) groups excluding carboxylic acids is 1. The van der Waals surface area contributed by atoms with Gasteiger partial charge in [-0.3, -0.25) is 4.79 Å². The molecule has 0 aliphatic rings. The van der Waals surface area contributed by atoms with Gasteiger partial charge in [-0.25, -0.2) is 19.3 Å². The van der Waals surface area contributed by atoms with Crippen LogP contribution in [0.1, 0.15) is 45.6 Å². The second-order valence-electron chi connectivity index (χ2n) is 9.25. The van der Waals surface area contributed by atoms with E-state index in [4.69, 9.17) is 16.5 Å². The van der Waals surface area contributed by atoms with Crippen LogP contribution in [0.5, 0.6) is 0 Å². The molecule has 0 aliphatic heterocycles. The first-order chi connectivity index (χ1) is 19.5. The van der Waals surface area contributed by atoms with Gasteiger partial charge >= 0.3 is 0 Å². The Kier molecular flexibility index (Phi) is 9.69. The van der Waals surface area contributed by atoms with Crippen LogP contribution in [0, 0.1) is 17.1 Å². The number of nitrogens with one attached hydrogen (secondary N) is 2. The number of unbranched alkanes of at least 4 members (excludes halogenated alkanes) is 1. The lowest BCUT2D eigenvalue weighted by molar-refractivity contribution is 0.0954. The molecule has 0 aliphatic carbocycles. The van der Waals surface area contributed by atoms with Gasteiger partial charge in [0, 0.05) is 24.8 Å². The zero-order valence-corrected chi connectivity index (χ0v) is 22.0. The number of hydrogen-bond donors (Lipinski definition) is 4. The van der Waals surface area contributed by atoms with E-state index in [1.54, 1.807) is 18.3 Å². The zero-order chi connectivity index (χ0) is 28.3. The van der Waals surface area contributed by atoms with E-state index in [0.717, 1.165) is 47.3 Å². The van der Waals surface area contributed by atoms with Crippen LogP contribution >= 0.6 is 0 Å². The SMILES string of the molecule is N#Cc1cnc(NCc2ccc(-c3cnc(N)c(CCCCN)n3)cc2)c(C(=O)NCCc2ccc(F)cc2)c1. The maximum Gasteiger partial charge on any atom is 0.255 e. The van der Waals surface area contributed by atoms with E-state index in [1.807, 2.05) is 30.3 Å². The molecule has 0 unspecified atom stereocenters. The van der Waals surface area contributed by atoms with Crippen molar-refractivity contribution in [3.05, 3.63) is 101 Å². The minimum atomic E-state index is -0.353. The molecule has 0 radical (unpaired) electrons. The first-order valence-corrected chi connectivity index (χ1v) is 13.0. The van der Waals surface area contributed by atoms with Crippen molar-refractivity contribution in [2.75, 3.05) is 24.1 Å². The number of halogens is 1. The van der Waals surface area contributed by atoms with E-state index in [-0.39, 0.29) is 22.9 Å². The minimum absolute atomic E-state index is 0.272. The van der Waals surface area contributed by atoms with Crippen LogP contribution < -0.4 is 22.1 Å². The van der Waals surface area contributed by atoms with Crippen LogP contribution in [0.4, 0.5) is 16.0 Å². The second-order valence-corrected chi connectivity index (χ2v) is 9.25. The van der Waals surface area contributed by atoms with Crippen molar-refractivity contribution in [2.24, 2.45) is 5.73 Å². The summed E-state index contributed by atoms with van der Waals surface area (Å²) in [5.74, 6) is 0.147. The van der Waals surface area contributed by atoms with Crippen molar-refractivity contribution >= 4 is 17.5 Å². The van der Waals surface area contributed by atoms with Gasteiger partial charge in [0.2, 0.25) is 0 Å². The predicted octanol–water partition coefficient (Wildman–Crippen LogP) is 4.00. The number of aromatic nitrogens is 3. The summed E-state index contributed by atoms with van der Waals surface area (Å²) in [6, 6.07) is 17.5. The van der Waals surface area contributed by atoms with Gasteiger partial charge in [-0.05, 0) is 61.6 Å². The molecule has 0 bridgehead atoms. The van der Waals surface area contributed by atoms with E-state index in [1.165, 1.54) is 24.4 Å². The zero-order valence-electron chi connectivity index (χ0n) is 22.0. The number of amides is 1. The molecule has 1 amide bonds. The molecule has 4 aromatic rings. The summed E-state index contributed by atoms with van der Waals surface area (Å²) < 4.78 is 13.1. The average molecular weight is 539 g/mol. The number of nitrogens with two attached hydrogens (primary N) is 2. The smallest absolute Gasteiger partial charge is 0.255 e. The largest absolute Gasteiger partial charge is 0.382 e. The van der Waals surface area contributed by atoms with Crippen molar-refractivity contribution < 1.29 is 9.18 Å². The van der Waals surface area contributed by atoms with E-state index < -0.39 is 0 Å². The van der Waals surface area contributed by atoms with Crippen molar-refractivity contribution in [1.82, 2.24) is 20.3 Å². The Labute approximate surface area is 232 Å². The molecule has 6 N–H and O–H groups in total. The van der Waals surface area contributed by atoms with Crippen molar-refractivity contribution in [3.63, 3.8) is 0 Å². The van der Waals surface area contributed by atoms with E-state index in [2.05, 4.69) is 20.6 Å². The fourth-order valence-corrected chi connectivity index (χ4v) is 4.08. The Morgan fingerprint density at radius 3 is 2.45 bits per heavy atom. The van der Waals surface area contributed by atoms with Crippen LogP contribution in [0.2, 0.25) is 0 Å². The third-order valence-electron chi connectivity index (χ3n) is 6.33.